The normalized spacial score (nSPS) is 11.4. The summed E-state index contributed by atoms with van der Waals surface area (Å²) in [6.45, 7) is 3.86. The fourth-order valence-electron chi connectivity index (χ4n) is 1.77. The van der Waals surface area contributed by atoms with Gasteiger partial charge in [-0.1, -0.05) is 19.9 Å². The van der Waals surface area contributed by atoms with Crippen LogP contribution in [0.1, 0.15) is 25.8 Å². The van der Waals surface area contributed by atoms with Crippen molar-refractivity contribution in [3.8, 4) is 6.07 Å². The van der Waals surface area contributed by atoms with Gasteiger partial charge in [0.15, 0.2) is 0 Å². The zero-order valence-electron chi connectivity index (χ0n) is 12.7. The first-order valence-corrected chi connectivity index (χ1v) is 6.99. The van der Waals surface area contributed by atoms with Gasteiger partial charge in [-0.2, -0.15) is 5.26 Å². The summed E-state index contributed by atoms with van der Waals surface area (Å²) in [6, 6.07) is 4.62. The molecule has 1 atom stereocenters. The van der Waals surface area contributed by atoms with Crippen molar-refractivity contribution >= 4 is 12.0 Å². The number of carbonyl (C=O) groups excluding carboxylic acids is 2. The number of ether oxygens (including phenoxy) is 1. The Kier molecular flexibility index (Phi) is 7.40. The maximum Gasteiger partial charge on any atom is 0.408 e. The van der Waals surface area contributed by atoms with Crippen LogP contribution in [-0.2, 0) is 16.1 Å². The van der Waals surface area contributed by atoms with Crippen LogP contribution in [0.5, 0.6) is 0 Å². The monoisotopic (exact) mass is 304 g/mol. The van der Waals surface area contributed by atoms with Gasteiger partial charge in [0.25, 0.3) is 0 Å². The summed E-state index contributed by atoms with van der Waals surface area (Å²) in [7, 11) is 0. The lowest BCUT2D eigenvalue weighted by atomic mass is 10.0. The van der Waals surface area contributed by atoms with Crippen LogP contribution in [0.25, 0.3) is 0 Å². The van der Waals surface area contributed by atoms with Gasteiger partial charge in [-0.25, -0.2) is 4.79 Å². The van der Waals surface area contributed by atoms with Crippen LogP contribution in [0, 0.1) is 17.2 Å². The van der Waals surface area contributed by atoms with E-state index in [1.165, 1.54) is 0 Å². The van der Waals surface area contributed by atoms with Gasteiger partial charge < -0.3 is 15.4 Å². The number of rotatable bonds is 7. The first-order chi connectivity index (χ1) is 10.5. The van der Waals surface area contributed by atoms with Gasteiger partial charge in [-0.15, -0.1) is 0 Å². The molecular weight excluding hydrogens is 284 g/mol. The van der Waals surface area contributed by atoms with Crippen LogP contribution in [0.3, 0.4) is 0 Å². The first kappa shape index (κ1) is 17.4. The molecule has 0 bridgehead atoms. The van der Waals surface area contributed by atoms with Crippen LogP contribution in [0.2, 0.25) is 0 Å². The van der Waals surface area contributed by atoms with Crippen LogP contribution >= 0.6 is 0 Å². The van der Waals surface area contributed by atoms with Crippen molar-refractivity contribution in [2.75, 3.05) is 6.54 Å². The summed E-state index contributed by atoms with van der Waals surface area (Å²) in [5.74, 6) is -0.190. The average Bonchev–Trinajstić information content (AvgIpc) is 2.50. The molecule has 0 aliphatic rings. The highest BCUT2D eigenvalue weighted by Gasteiger charge is 2.22. The molecule has 2 amide bonds. The van der Waals surface area contributed by atoms with Gasteiger partial charge in [0.05, 0.1) is 6.07 Å². The second-order valence-electron chi connectivity index (χ2n) is 5.14. The maximum atomic E-state index is 11.9. The summed E-state index contributed by atoms with van der Waals surface area (Å²) < 4.78 is 5.06. The molecule has 7 nitrogen and oxygen atoms in total. The zero-order chi connectivity index (χ0) is 16.4. The van der Waals surface area contributed by atoms with Crippen LogP contribution in [-0.4, -0.2) is 29.6 Å². The fraction of sp³-hybridized carbons (Fsp3) is 0.467. The van der Waals surface area contributed by atoms with Crippen molar-refractivity contribution < 1.29 is 14.3 Å². The standard InChI is InChI=1S/C15H20N4O3/c1-11(2)8-13(14(20)18-7-5-16)19-15(21)22-10-12-4-3-6-17-9-12/h3-4,6,9,11,13H,7-8,10H2,1-2H3,(H,18,20)(H,19,21). The lowest BCUT2D eigenvalue weighted by Crippen LogP contribution is -2.47. The molecule has 0 saturated carbocycles. The second-order valence-corrected chi connectivity index (χ2v) is 5.14. The summed E-state index contributed by atoms with van der Waals surface area (Å²) >= 11 is 0. The molecule has 0 saturated heterocycles. The van der Waals surface area contributed by atoms with Gasteiger partial charge in [0.1, 0.15) is 19.2 Å². The largest absolute Gasteiger partial charge is 0.445 e. The van der Waals surface area contributed by atoms with Crippen molar-refractivity contribution in [2.24, 2.45) is 5.92 Å². The first-order valence-electron chi connectivity index (χ1n) is 6.99. The number of carbonyl (C=O) groups is 2. The maximum absolute atomic E-state index is 11.9. The minimum Gasteiger partial charge on any atom is -0.445 e. The number of nitrogens with one attached hydrogen (secondary N) is 2. The molecule has 0 aromatic carbocycles. The van der Waals surface area contributed by atoms with Crippen molar-refractivity contribution in [2.45, 2.75) is 32.9 Å². The zero-order valence-corrected chi connectivity index (χ0v) is 12.7. The van der Waals surface area contributed by atoms with Crippen LogP contribution < -0.4 is 10.6 Å². The van der Waals surface area contributed by atoms with Gasteiger partial charge in [0, 0.05) is 18.0 Å². The number of nitrogens with zero attached hydrogens (tertiary/aromatic N) is 2. The predicted octanol–water partition coefficient (Wildman–Crippen LogP) is 1.36. The van der Waals surface area contributed by atoms with E-state index in [1.807, 2.05) is 19.9 Å². The van der Waals surface area contributed by atoms with Crippen LogP contribution in [0.15, 0.2) is 24.5 Å². The van der Waals surface area contributed by atoms with E-state index in [4.69, 9.17) is 10.00 Å². The SMILES string of the molecule is CC(C)CC(NC(=O)OCc1cccnc1)C(=O)NCC#N. The Morgan fingerprint density at radius 3 is 2.82 bits per heavy atom. The number of hydrogen-bond acceptors (Lipinski definition) is 5. The Bertz CT molecular complexity index is 525. The molecule has 7 heteroatoms. The molecule has 2 N–H and O–H groups in total. The minimum absolute atomic E-state index is 0.0773. The molecule has 1 aromatic heterocycles. The Morgan fingerprint density at radius 1 is 1.45 bits per heavy atom. The van der Waals surface area contributed by atoms with Crippen molar-refractivity contribution in [1.82, 2.24) is 15.6 Å². The molecule has 1 rings (SSSR count). The molecule has 118 valence electrons. The number of nitriles is 1. The quantitative estimate of drug-likeness (QED) is 0.740. The third-order valence-electron chi connectivity index (χ3n) is 2.75. The summed E-state index contributed by atoms with van der Waals surface area (Å²) in [5, 5.41) is 13.4. The third-order valence-corrected chi connectivity index (χ3v) is 2.75. The average molecular weight is 304 g/mol. The molecule has 1 heterocycles. The van der Waals surface area contributed by atoms with Crippen LogP contribution in [0.4, 0.5) is 4.79 Å². The highest BCUT2D eigenvalue weighted by molar-refractivity contribution is 5.85. The Morgan fingerprint density at radius 2 is 2.23 bits per heavy atom. The number of amides is 2. The van der Waals surface area contributed by atoms with E-state index in [9.17, 15) is 9.59 Å². The molecular formula is C15H20N4O3. The van der Waals surface area contributed by atoms with E-state index in [0.717, 1.165) is 5.56 Å². The Balaban J connectivity index is 2.51. The molecule has 0 spiro atoms. The molecule has 0 fully saturated rings. The van der Waals surface area contributed by atoms with Gasteiger partial charge >= 0.3 is 6.09 Å². The van der Waals surface area contributed by atoms with Gasteiger partial charge in [-0.05, 0) is 18.4 Å². The number of pyridine rings is 1. The lowest BCUT2D eigenvalue weighted by molar-refractivity contribution is -0.123. The van der Waals surface area contributed by atoms with E-state index < -0.39 is 18.0 Å². The molecule has 22 heavy (non-hydrogen) atoms. The topological polar surface area (TPSA) is 104 Å². The number of alkyl carbamates (subject to hydrolysis) is 1. The highest BCUT2D eigenvalue weighted by Crippen LogP contribution is 2.06. The summed E-state index contributed by atoms with van der Waals surface area (Å²) in [4.78, 5) is 27.6. The van der Waals surface area contributed by atoms with E-state index in [2.05, 4.69) is 15.6 Å². The summed E-state index contributed by atoms with van der Waals surface area (Å²) in [6.07, 6.45) is 3.00. The third kappa shape index (κ3) is 6.70. The van der Waals surface area contributed by atoms with Crippen molar-refractivity contribution in [3.05, 3.63) is 30.1 Å². The summed E-state index contributed by atoms with van der Waals surface area (Å²) in [5.41, 5.74) is 0.756. The fourth-order valence-corrected chi connectivity index (χ4v) is 1.77. The van der Waals surface area contributed by atoms with E-state index in [1.54, 1.807) is 24.5 Å². The molecule has 1 aromatic rings. The van der Waals surface area contributed by atoms with Crippen molar-refractivity contribution in [3.63, 3.8) is 0 Å². The predicted molar refractivity (Wildman–Crippen MR) is 79.4 cm³/mol. The van der Waals surface area contributed by atoms with Gasteiger partial charge in [0.2, 0.25) is 5.91 Å². The van der Waals surface area contributed by atoms with E-state index >= 15 is 0 Å². The van der Waals surface area contributed by atoms with E-state index in [0.29, 0.717) is 6.42 Å². The Labute approximate surface area is 129 Å². The smallest absolute Gasteiger partial charge is 0.408 e. The molecule has 0 radical (unpaired) electrons. The van der Waals surface area contributed by atoms with Crippen molar-refractivity contribution in [1.29, 1.82) is 5.26 Å². The highest BCUT2D eigenvalue weighted by atomic mass is 16.5. The lowest BCUT2D eigenvalue weighted by Gasteiger charge is -2.19. The molecule has 0 aliphatic heterocycles. The number of hydrogen-bond donors (Lipinski definition) is 2. The minimum atomic E-state index is -0.727. The molecule has 0 aliphatic carbocycles. The molecule has 1 unspecified atom stereocenters. The Hall–Kier alpha value is -2.62. The van der Waals surface area contributed by atoms with E-state index in [-0.39, 0.29) is 19.1 Å². The van der Waals surface area contributed by atoms with Gasteiger partial charge in [-0.3, -0.25) is 9.78 Å². The second kappa shape index (κ2) is 9.34. The number of aromatic nitrogens is 1.